The van der Waals surface area contributed by atoms with E-state index < -0.39 is 0 Å². The lowest BCUT2D eigenvalue weighted by atomic mass is 10.3. The summed E-state index contributed by atoms with van der Waals surface area (Å²) in [6.45, 7) is 0. The second-order valence-electron chi connectivity index (χ2n) is 3.35. The monoisotopic (exact) mass is 376 g/mol. The summed E-state index contributed by atoms with van der Waals surface area (Å²) in [5, 5.41) is 0.763. The van der Waals surface area contributed by atoms with Gasteiger partial charge in [0.2, 0.25) is 0 Å². The molecule has 0 fully saturated rings. The van der Waals surface area contributed by atoms with Crippen molar-refractivity contribution in [2.75, 3.05) is 7.11 Å². The first-order valence-corrected chi connectivity index (χ1v) is 7.23. The molecule has 17 heavy (non-hydrogen) atoms. The Hall–Kier alpha value is -0.390. The fourth-order valence-electron chi connectivity index (χ4n) is 1.32. The summed E-state index contributed by atoms with van der Waals surface area (Å²) in [5.41, 5.74) is 0. The van der Waals surface area contributed by atoms with Crippen molar-refractivity contribution in [3.8, 4) is 5.75 Å². The van der Waals surface area contributed by atoms with E-state index in [0.717, 1.165) is 10.8 Å². The maximum absolute atomic E-state index is 5.86. The van der Waals surface area contributed by atoms with Gasteiger partial charge in [-0.05, 0) is 65.1 Å². The molecular weight excluding hydrogens is 367 g/mol. The molecule has 4 heteroatoms. The molecule has 0 N–H and O–H groups in total. The summed E-state index contributed by atoms with van der Waals surface area (Å²) in [5.74, 6) is 0.884. The van der Waals surface area contributed by atoms with Gasteiger partial charge in [0.1, 0.15) is 5.75 Å². The van der Waals surface area contributed by atoms with E-state index in [1.54, 1.807) is 18.9 Å². The van der Waals surface area contributed by atoms with Gasteiger partial charge < -0.3 is 4.74 Å². The predicted octanol–water partition coefficient (Wildman–Crippen LogP) is 5.10. The minimum atomic E-state index is 0.763. The van der Waals surface area contributed by atoms with Gasteiger partial charge in [-0.3, -0.25) is 0 Å². The molecule has 2 aromatic rings. The number of benzene rings is 2. The van der Waals surface area contributed by atoms with Gasteiger partial charge in [0.15, 0.2) is 0 Å². The van der Waals surface area contributed by atoms with Gasteiger partial charge in [0.05, 0.1) is 7.11 Å². The molecule has 1 nitrogen and oxygen atoms in total. The molecule has 0 saturated heterocycles. The van der Waals surface area contributed by atoms with E-state index in [1.165, 1.54) is 13.4 Å². The average molecular weight is 377 g/mol. The molecule has 0 aliphatic heterocycles. The molecule has 0 bridgehead atoms. The molecule has 88 valence electrons. The first kappa shape index (κ1) is 13.1. The Labute approximate surface area is 124 Å². The molecule has 0 heterocycles. The van der Waals surface area contributed by atoms with Gasteiger partial charge in [0.25, 0.3) is 0 Å². The average Bonchev–Trinajstić information content (AvgIpc) is 2.34. The van der Waals surface area contributed by atoms with E-state index >= 15 is 0 Å². The third-order valence-corrected chi connectivity index (χ3v) is 4.77. The molecular formula is C13H10ClIOS. The van der Waals surface area contributed by atoms with E-state index in [4.69, 9.17) is 16.3 Å². The van der Waals surface area contributed by atoms with Crippen molar-refractivity contribution in [1.82, 2.24) is 0 Å². The van der Waals surface area contributed by atoms with Crippen molar-refractivity contribution in [2.24, 2.45) is 0 Å². The lowest BCUT2D eigenvalue weighted by Gasteiger charge is -2.06. The van der Waals surface area contributed by atoms with Gasteiger partial charge >= 0.3 is 0 Å². The van der Waals surface area contributed by atoms with E-state index in [9.17, 15) is 0 Å². The Bertz CT molecular complexity index is 513. The first-order chi connectivity index (χ1) is 8.19. The Kier molecular flexibility index (Phi) is 4.59. The quantitative estimate of drug-likeness (QED) is 0.689. The second kappa shape index (κ2) is 5.98. The molecule has 0 radical (unpaired) electrons. The van der Waals surface area contributed by atoms with E-state index in [1.807, 2.05) is 36.4 Å². The van der Waals surface area contributed by atoms with Gasteiger partial charge in [-0.15, -0.1) is 0 Å². The number of methoxy groups -OCH3 is 1. The molecule has 0 aliphatic rings. The van der Waals surface area contributed by atoms with Crippen molar-refractivity contribution in [3.63, 3.8) is 0 Å². The maximum atomic E-state index is 5.86. The molecule has 0 atom stereocenters. The third kappa shape index (κ3) is 3.53. The van der Waals surface area contributed by atoms with Crippen LogP contribution in [0, 0.1) is 3.57 Å². The van der Waals surface area contributed by atoms with Crippen LogP contribution in [-0.2, 0) is 0 Å². The van der Waals surface area contributed by atoms with Crippen LogP contribution in [0.3, 0.4) is 0 Å². The van der Waals surface area contributed by atoms with Gasteiger partial charge in [-0.1, -0.05) is 23.4 Å². The lowest BCUT2D eigenvalue weighted by molar-refractivity contribution is 0.414. The van der Waals surface area contributed by atoms with Crippen LogP contribution in [-0.4, -0.2) is 7.11 Å². The first-order valence-electron chi connectivity index (χ1n) is 4.96. The SMILES string of the molecule is COc1ccc(Sc2ccc(Cl)cc2)c(I)c1. The van der Waals surface area contributed by atoms with Crippen molar-refractivity contribution >= 4 is 46.0 Å². The minimum Gasteiger partial charge on any atom is -0.497 e. The molecule has 0 saturated carbocycles. The predicted molar refractivity (Wildman–Crippen MR) is 81.3 cm³/mol. The number of hydrogen-bond donors (Lipinski definition) is 0. The zero-order chi connectivity index (χ0) is 12.3. The van der Waals surface area contributed by atoms with Crippen molar-refractivity contribution in [1.29, 1.82) is 0 Å². The van der Waals surface area contributed by atoms with Crippen LogP contribution in [0.1, 0.15) is 0 Å². The summed E-state index contributed by atoms with van der Waals surface area (Å²) in [7, 11) is 1.68. The minimum absolute atomic E-state index is 0.763. The fourth-order valence-corrected chi connectivity index (χ4v) is 3.08. The standard InChI is InChI=1S/C13H10ClIOS/c1-16-10-4-7-13(12(15)8-10)17-11-5-2-9(14)3-6-11/h2-8H,1H3. The van der Waals surface area contributed by atoms with Crippen molar-refractivity contribution in [3.05, 3.63) is 51.1 Å². The highest BCUT2D eigenvalue weighted by Gasteiger charge is 2.04. The van der Waals surface area contributed by atoms with Crippen LogP contribution >= 0.6 is 46.0 Å². The van der Waals surface area contributed by atoms with Crippen LogP contribution in [0.2, 0.25) is 5.02 Å². The van der Waals surface area contributed by atoms with Crippen molar-refractivity contribution < 1.29 is 4.74 Å². The topological polar surface area (TPSA) is 9.23 Å². The lowest BCUT2D eigenvalue weighted by Crippen LogP contribution is -1.85. The van der Waals surface area contributed by atoms with Crippen molar-refractivity contribution in [2.45, 2.75) is 9.79 Å². The molecule has 0 unspecified atom stereocenters. The van der Waals surface area contributed by atoms with Crippen LogP contribution in [0.25, 0.3) is 0 Å². The number of halogens is 2. The van der Waals surface area contributed by atoms with Crippen LogP contribution in [0.4, 0.5) is 0 Å². The zero-order valence-electron chi connectivity index (χ0n) is 9.11. The second-order valence-corrected chi connectivity index (χ2v) is 6.07. The molecule has 0 spiro atoms. The Morgan fingerprint density at radius 1 is 1.12 bits per heavy atom. The molecule has 2 rings (SSSR count). The highest BCUT2D eigenvalue weighted by Crippen LogP contribution is 2.33. The van der Waals surface area contributed by atoms with Gasteiger partial charge in [-0.25, -0.2) is 0 Å². The fraction of sp³-hybridized carbons (Fsp3) is 0.0769. The highest BCUT2D eigenvalue weighted by atomic mass is 127. The van der Waals surface area contributed by atoms with Gasteiger partial charge in [0, 0.05) is 18.4 Å². The van der Waals surface area contributed by atoms with E-state index in [0.29, 0.717) is 0 Å². The number of ether oxygens (including phenoxy) is 1. The number of hydrogen-bond acceptors (Lipinski definition) is 2. The van der Waals surface area contributed by atoms with Crippen LogP contribution in [0.5, 0.6) is 5.75 Å². The summed E-state index contributed by atoms with van der Waals surface area (Å²) in [6, 6.07) is 13.9. The smallest absolute Gasteiger partial charge is 0.119 e. The van der Waals surface area contributed by atoms with E-state index in [2.05, 4.69) is 28.7 Å². The molecule has 0 amide bonds. The molecule has 0 aliphatic carbocycles. The number of rotatable bonds is 3. The maximum Gasteiger partial charge on any atom is 0.119 e. The highest BCUT2D eigenvalue weighted by molar-refractivity contribution is 14.1. The third-order valence-electron chi connectivity index (χ3n) is 2.18. The van der Waals surface area contributed by atoms with Gasteiger partial charge in [-0.2, -0.15) is 0 Å². The summed E-state index contributed by atoms with van der Waals surface area (Å²) >= 11 is 9.89. The summed E-state index contributed by atoms with van der Waals surface area (Å²) < 4.78 is 6.37. The Balaban J connectivity index is 2.21. The molecule has 0 aromatic heterocycles. The van der Waals surface area contributed by atoms with E-state index in [-0.39, 0.29) is 0 Å². The largest absolute Gasteiger partial charge is 0.497 e. The summed E-state index contributed by atoms with van der Waals surface area (Å²) in [6.07, 6.45) is 0. The Morgan fingerprint density at radius 3 is 2.41 bits per heavy atom. The Morgan fingerprint density at radius 2 is 1.82 bits per heavy atom. The molecule has 2 aromatic carbocycles. The van der Waals surface area contributed by atoms with Crippen LogP contribution < -0.4 is 4.74 Å². The zero-order valence-corrected chi connectivity index (χ0v) is 12.8. The van der Waals surface area contributed by atoms with Crippen LogP contribution in [0.15, 0.2) is 52.3 Å². The summed E-state index contributed by atoms with van der Waals surface area (Å²) in [4.78, 5) is 2.39. The normalized spacial score (nSPS) is 10.3.